The van der Waals surface area contributed by atoms with Gasteiger partial charge in [0.25, 0.3) is 5.91 Å². The molecular formula is C25H19NO5. The molecule has 0 saturated carbocycles. The van der Waals surface area contributed by atoms with Gasteiger partial charge in [0, 0.05) is 22.9 Å². The van der Waals surface area contributed by atoms with Crippen LogP contribution in [0.5, 0.6) is 0 Å². The van der Waals surface area contributed by atoms with Gasteiger partial charge in [-0.2, -0.15) is 0 Å². The van der Waals surface area contributed by atoms with E-state index in [1.807, 2.05) is 13.0 Å². The molecule has 4 aromatic rings. The van der Waals surface area contributed by atoms with Crippen molar-refractivity contribution >= 4 is 28.5 Å². The van der Waals surface area contributed by atoms with Gasteiger partial charge in [0.1, 0.15) is 11.3 Å². The van der Waals surface area contributed by atoms with E-state index in [9.17, 15) is 14.4 Å². The van der Waals surface area contributed by atoms with Crippen molar-refractivity contribution in [2.45, 2.75) is 6.92 Å². The van der Waals surface area contributed by atoms with Crippen molar-refractivity contribution in [1.82, 2.24) is 0 Å². The zero-order chi connectivity index (χ0) is 22.0. The Morgan fingerprint density at radius 2 is 1.55 bits per heavy atom. The van der Waals surface area contributed by atoms with Crippen LogP contribution in [0, 0.1) is 6.92 Å². The molecule has 1 N–H and O–H groups in total. The van der Waals surface area contributed by atoms with E-state index in [1.54, 1.807) is 60.7 Å². The van der Waals surface area contributed by atoms with E-state index in [0.29, 0.717) is 39.1 Å². The monoisotopic (exact) mass is 413 g/mol. The SMILES string of the molecule is COC(=O)c1ccc(NC(=O)c2ccc(-c3cc(=O)c4cc(C)ccc4o3)cc2)cc1. The van der Waals surface area contributed by atoms with Crippen LogP contribution in [-0.2, 0) is 4.74 Å². The third-order valence-corrected chi connectivity index (χ3v) is 4.88. The number of esters is 1. The number of anilines is 1. The predicted molar refractivity (Wildman–Crippen MR) is 118 cm³/mol. The van der Waals surface area contributed by atoms with Crippen molar-refractivity contribution in [1.29, 1.82) is 0 Å². The number of benzene rings is 3. The predicted octanol–water partition coefficient (Wildman–Crippen LogP) is 4.81. The summed E-state index contributed by atoms with van der Waals surface area (Å²) in [7, 11) is 1.31. The molecule has 0 spiro atoms. The molecule has 0 unspecified atom stereocenters. The van der Waals surface area contributed by atoms with Crippen LogP contribution in [0.25, 0.3) is 22.3 Å². The standard InChI is InChI=1S/C25H19NO5/c1-15-3-12-22-20(13-15)21(27)14-23(31-22)16-4-6-17(7-5-16)24(28)26-19-10-8-18(9-11-19)25(29)30-2/h3-14H,1-2H3,(H,26,28). The third kappa shape index (κ3) is 4.23. The minimum absolute atomic E-state index is 0.114. The van der Waals surface area contributed by atoms with Gasteiger partial charge in [-0.15, -0.1) is 0 Å². The zero-order valence-electron chi connectivity index (χ0n) is 17.0. The number of fused-ring (bicyclic) bond motifs is 1. The summed E-state index contributed by atoms with van der Waals surface area (Å²) in [4.78, 5) is 36.4. The van der Waals surface area contributed by atoms with Gasteiger partial charge in [-0.3, -0.25) is 9.59 Å². The van der Waals surface area contributed by atoms with Crippen molar-refractivity contribution in [2.24, 2.45) is 0 Å². The normalized spacial score (nSPS) is 10.6. The highest BCUT2D eigenvalue weighted by atomic mass is 16.5. The van der Waals surface area contributed by atoms with Crippen LogP contribution in [0.2, 0.25) is 0 Å². The number of methoxy groups -OCH3 is 1. The van der Waals surface area contributed by atoms with Gasteiger partial charge < -0.3 is 14.5 Å². The highest BCUT2D eigenvalue weighted by molar-refractivity contribution is 6.04. The Labute approximate surface area is 178 Å². The van der Waals surface area contributed by atoms with E-state index in [2.05, 4.69) is 10.1 Å². The Kier molecular flexibility index (Phi) is 5.37. The zero-order valence-corrected chi connectivity index (χ0v) is 17.0. The Morgan fingerprint density at radius 3 is 2.23 bits per heavy atom. The molecular weight excluding hydrogens is 394 g/mol. The molecule has 0 fully saturated rings. The number of nitrogens with one attached hydrogen (secondary N) is 1. The second-order valence-corrected chi connectivity index (χ2v) is 7.07. The van der Waals surface area contributed by atoms with Crippen LogP contribution >= 0.6 is 0 Å². The number of ether oxygens (including phenoxy) is 1. The quantitative estimate of drug-likeness (QED) is 0.486. The van der Waals surface area contributed by atoms with Crippen LogP contribution in [0.15, 0.2) is 82.0 Å². The first-order valence-electron chi connectivity index (χ1n) is 9.59. The molecule has 3 aromatic carbocycles. The maximum Gasteiger partial charge on any atom is 0.337 e. The summed E-state index contributed by atoms with van der Waals surface area (Å²) in [5.41, 5.74) is 3.48. The Hall–Kier alpha value is -4.19. The van der Waals surface area contributed by atoms with Crippen molar-refractivity contribution in [3.63, 3.8) is 0 Å². The van der Waals surface area contributed by atoms with Crippen molar-refractivity contribution in [3.8, 4) is 11.3 Å². The second-order valence-electron chi connectivity index (χ2n) is 7.07. The number of rotatable bonds is 4. The summed E-state index contributed by atoms with van der Waals surface area (Å²) in [5.74, 6) is -0.302. The fraction of sp³-hybridized carbons (Fsp3) is 0.0800. The summed E-state index contributed by atoms with van der Waals surface area (Å²) >= 11 is 0. The average Bonchev–Trinajstić information content (AvgIpc) is 2.79. The molecule has 4 rings (SSSR count). The lowest BCUT2D eigenvalue weighted by Crippen LogP contribution is -2.12. The number of carbonyl (C=O) groups excluding carboxylic acids is 2. The summed E-state index contributed by atoms with van der Waals surface area (Å²) in [6.45, 7) is 1.92. The summed E-state index contributed by atoms with van der Waals surface area (Å²) in [6.07, 6.45) is 0. The number of carbonyl (C=O) groups is 2. The number of aryl methyl sites for hydroxylation is 1. The van der Waals surface area contributed by atoms with E-state index in [-0.39, 0.29) is 11.3 Å². The lowest BCUT2D eigenvalue weighted by molar-refractivity contribution is 0.0600. The topological polar surface area (TPSA) is 85.6 Å². The van der Waals surface area contributed by atoms with Gasteiger partial charge in [-0.05, 0) is 55.5 Å². The molecule has 6 nitrogen and oxygen atoms in total. The molecule has 154 valence electrons. The minimum atomic E-state index is -0.441. The fourth-order valence-electron chi connectivity index (χ4n) is 3.21. The third-order valence-electron chi connectivity index (χ3n) is 4.88. The van der Waals surface area contributed by atoms with E-state index < -0.39 is 5.97 Å². The molecule has 1 amide bonds. The van der Waals surface area contributed by atoms with Crippen molar-refractivity contribution in [3.05, 3.63) is 99.7 Å². The molecule has 0 radical (unpaired) electrons. The number of hydrogen-bond acceptors (Lipinski definition) is 5. The van der Waals surface area contributed by atoms with Gasteiger partial charge in [-0.25, -0.2) is 4.79 Å². The maximum atomic E-state index is 12.5. The van der Waals surface area contributed by atoms with Gasteiger partial charge in [0.2, 0.25) is 0 Å². The van der Waals surface area contributed by atoms with Crippen molar-refractivity contribution < 1.29 is 18.7 Å². The van der Waals surface area contributed by atoms with Crippen LogP contribution in [-0.4, -0.2) is 19.0 Å². The molecule has 0 bridgehead atoms. The van der Waals surface area contributed by atoms with Crippen molar-refractivity contribution in [2.75, 3.05) is 12.4 Å². The summed E-state index contributed by atoms with van der Waals surface area (Å²) in [6, 6.07) is 20.1. The van der Waals surface area contributed by atoms with Gasteiger partial charge in [-0.1, -0.05) is 23.8 Å². The van der Waals surface area contributed by atoms with E-state index in [0.717, 1.165) is 5.56 Å². The Balaban J connectivity index is 1.53. The second kappa shape index (κ2) is 8.28. The molecule has 31 heavy (non-hydrogen) atoms. The highest BCUT2D eigenvalue weighted by Gasteiger charge is 2.11. The first kappa shape index (κ1) is 20.1. The van der Waals surface area contributed by atoms with Crippen LogP contribution in [0.1, 0.15) is 26.3 Å². The Bertz CT molecular complexity index is 1340. The van der Waals surface area contributed by atoms with E-state index in [1.165, 1.54) is 13.2 Å². The molecule has 6 heteroatoms. The minimum Gasteiger partial charge on any atom is -0.465 e. The molecule has 0 aliphatic heterocycles. The first-order valence-corrected chi connectivity index (χ1v) is 9.59. The largest absolute Gasteiger partial charge is 0.465 e. The van der Waals surface area contributed by atoms with Gasteiger partial charge in [0.05, 0.1) is 18.1 Å². The van der Waals surface area contributed by atoms with Gasteiger partial charge in [0.15, 0.2) is 5.43 Å². The molecule has 1 aromatic heterocycles. The molecule has 0 atom stereocenters. The Morgan fingerprint density at radius 1 is 0.871 bits per heavy atom. The molecule has 0 aliphatic carbocycles. The fourth-order valence-corrected chi connectivity index (χ4v) is 3.21. The molecule has 0 saturated heterocycles. The first-order chi connectivity index (χ1) is 14.9. The van der Waals surface area contributed by atoms with E-state index >= 15 is 0 Å². The number of amides is 1. The molecule has 0 aliphatic rings. The summed E-state index contributed by atoms with van der Waals surface area (Å²) < 4.78 is 10.5. The smallest absolute Gasteiger partial charge is 0.337 e. The lowest BCUT2D eigenvalue weighted by Gasteiger charge is -2.08. The molecule has 1 heterocycles. The number of hydrogen-bond donors (Lipinski definition) is 1. The lowest BCUT2D eigenvalue weighted by atomic mass is 10.1. The maximum absolute atomic E-state index is 12.5. The van der Waals surface area contributed by atoms with Crippen LogP contribution in [0.4, 0.5) is 5.69 Å². The average molecular weight is 413 g/mol. The van der Waals surface area contributed by atoms with Crippen LogP contribution in [0.3, 0.4) is 0 Å². The van der Waals surface area contributed by atoms with E-state index in [4.69, 9.17) is 4.42 Å². The van der Waals surface area contributed by atoms with Crippen LogP contribution < -0.4 is 10.7 Å². The highest BCUT2D eigenvalue weighted by Crippen LogP contribution is 2.23. The summed E-state index contributed by atoms with van der Waals surface area (Å²) in [5, 5.41) is 3.32. The van der Waals surface area contributed by atoms with Gasteiger partial charge >= 0.3 is 5.97 Å².